The number of nitro benzene ring substituents is 1. The summed E-state index contributed by atoms with van der Waals surface area (Å²) in [7, 11) is 0. The first-order valence-corrected chi connectivity index (χ1v) is 5.46. The number of nitrogens with zero attached hydrogens (tertiary/aromatic N) is 1. The topological polar surface area (TPSA) is 84.3 Å². The molecule has 17 heavy (non-hydrogen) atoms. The van der Waals surface area contributed by atoms with Crippen LogP contribution in [0, 0.1) is 10.1 Å². The molecule has 0 spiro atoms. The van der Waals surface area contributed by atoms with Gasteiger partial charge < -0.3 is 10.6 Å². The number of carbonyl (C=O) groups is 1. The van der Waals surface area contributed by atoms with Crippen molar-refractivity contribution in [2.24, 2.45) is 0 Å². The first kappa shape index (κ1) is 11.4. The molecule has 90 valence electrons. The summed E-state index contributed by atoms with van der Waals surface area (Å²) in [6.45, 7) is 0.675. The van der Waals surface area contributed by atoms with Gasteiger partial charge in [-0.1, -0.05) is 12.1 Å². The van der Waals surface area contributed by atoms with Crippen molar-refractivity contribution >= 4 is 17.3 Å². The molecule has 1 unspecified atom stereocenters. The Balaban J connectivity index is 2.17. The van der Waals surface area contributed by atoms with Gasteiger partial charge in [0.25, 0.3) is 5.69 Å². The average molecular weight is 235 g/mol. The van der Waals surface area contributed by atoms with Crippen molar-refractivity contribution in [2.75, 3.05) is 11.9 Å². The number of hydrogen-bond acceptors (Lipinski definition) is 4. The summed E-state index contributed by atoms with van der Waals surface area (Å²) < 4.78 is 0. The number of rotatable bonds is 3. The van der Waals surface area contributed by atoms with Crippen molar-refractivity contribution in [1.82, 2.24) is 5.32 Å². The van der Waals surface area contributed by atoms with Gasteiger partial charge in [-0.25, -0.2) is 0 Å². The molecule has 2 N–H and O–H groups in total. The van der Waals surface area contributed by atoms with Crippen molar-refractivity contribution in [3.63, 3.8) is 0 Å². The summed E-state index contributed by atoms with van der Waals surface area (Å²) >= 11 is 0. The summed E-state index contributed by atoms with van der Waals surface area (Å²) in [4.78, 5) is 21.9. The van der Waals surface area contributed by atoms with Crippen LogP contribution < -0.4 is 10.6 Å². The molecule has 1 amide bonds. The highest BCUT2D eigenvalue weighted by atomic mass is 16.6. The average Bonchev–Trinajstić information content (AvgIpc) is 2.32. The lowest BCUT2D eigenvalue weighted by Crippen LogP contribution is -2.44. The Kier molecular flexibility index (Phi) is 3.22. The Bertz CT molecular complexity index is 447. The van der Waals surface area contributed by atoms with E-state index >= 15 is 0 Å². The van der Waals surface area contributed by atoms with Gasteiger partial charge in [-0.15, -0.1) is 0 Å². The van der Waals surface area contributed by atoms with Crippen LogP contribution in [-0.2, 0) is 4.79 Å². The molecule has 1 saturated heterocycles. The Morgan fingerprint density at radius 1 is 1.41 bits per heavy atom. The summed E-state index contributed by atoms with van der Waals surface area (Å²) in [5.74, 6) is -0.102. The van der Waals surface area contributed by atoms with Gasteiger partial charge in [0.1, 0.15) is 11.7 Å². The lowest BCUT2D eigenvalue weighted by atomic mass is 10.1. The van der Waals surface area contributed by atoms with Crippen molar-refractivity contribution in [2.45, 2.75) is 18.9 Å². The number of nitro groups is 1. The third kappa shape index (κ3) is 2.52. The third-order valence-electron chi connectivity index (χ3n) is 2.72. The van der Waals surface area contributed by atoms with Crippen LogP contribution in [-0.4, -0.2) is 23.4 Å². The maximum Gasteiger partial charge on any atom is 0.292 e. The fourth-order valence-corrected chi connectivity index (χ4v) is 1.85. The van der Waals surface area contributed by atoms with Crippen LogP contribution in [0.1, 0.15) is 12.8 Å². The minimum absolute atomic E-state index is 0.00845. The summed E-state index contributed by atoms with van der Waals surface area (Å²) in [5, 5.41) is 16.5. The highest BCUT2D eigenvalue weighted by Gasteiger charge is 2.24. The zero-order chi connectivity index (χ0) is 12.3. The molecular formula is C11H13N3O3. The summed E-state index contributed by atoms with van der Waals surface area (Å²) in [6, 6.07) is 5.95. The molecule has 1 aromatic rings. The summed E-state index contributed by atoms with van der Waals surface area (Å²) in [6.07, 6.45) is 1.57. The van der Waals surface area contributed by atoms with E-state index in [4.69, 9.17) is 0 Å². The number of carbonyl (C=O) groups excluding carboxylic acids is 1. The molecule has 0 aliphatic carbocycles. The molecule has 1 fully saturated rings. The van der Waals surface area contributed by atoms with Crippen LogP contribution in [0.5, 0.6) is 0 Å². The minimum atomic E-state index is -0.455. The molecule has 1 aliphatic heterocycles. The molecular weight excluding hydrogens is 222 g/mol. The van der Waals surface area contributed by atoms with E-state index in [9.17, 15) is 14.9 Å². The van der Waals surface area contributed by atoms with E-state index in [0.717, 1.165) is 6.42 Å². The SMILES string of the molecule is O=C1NCCCC1Nc1ccccc1[N+](=O)[O-]. The normalized spacial score (nSPS) is 19.5. The van der Waals surface area contributed by atoms with Crippen molar-refractivity contribution < 1.29 is 9.72 Å². The largest absolute Gasteiger partial charge is 0.368 e. The lowest BCUT2D eigenvalue weighted by molar-refractivity contribution is -0.384. The van der Waals surface area contributed by atoms with Gasteiger partial charge in [0.2, 0.25) is 5.91 Å². The Morgan fingerprint density at radius 3 is 2.88 bits per heavy atom. The molecule has 1 heterocycles. The van der Waals surface area contributed by atoms with Crippen molar-refractivity contribution in [1.29, 1.82) is 0 Å². The quantitative estimate of drug-likeness (QED) is 0.610. The van der Waals surface area contributed by atoms with Crippen LogP contribution in [0.4, 0.5) is 11.4 Å². The van der Waals surface area contributed by atoms with Crippen molar-refractivity contribution in [3.8, 4) is 0 Å². The van der Waals surface area contributed by atoms with E-state index in [1.807, 2.05) is 0 Å². The van der Waals surface area contributed by atoms with E-state index in [1.54, 1.807) is 18.2 Å². The fourth-order valence-electron chi connectivity index (χ4n) is 1.85. The van der Waals surface area contributed by atoms with E-state index < -0.39 is 4.92 Å². The molecule has 2 rings (SSSR count). The van der Waals surface area contributed by atoms with Gasteiger partial charge in [-0.05, 0) is 18.9 Å². The number of amides is 1. The van der Waals surface area contributed by atoms with Crippen molar-refractivity contribution in [3.05, 3.63) is 34.4 Å². The molecule has 1 aromatic carbocycles. The van der Waals surface area contributed by atoms with Gasteiger partial charge in [0.15, 0.2) is 0 Å². The monoisotopic (exact) mass is 235 g/mol. The molecule has 1 aliphatic rings. The van der Waals surface area contributed by atoms with E-state index in [0.29, 0.717) is 18.7 Å². The highest BCUT2D eigenvalue weighted by molar-refractivity contribution is 5.86. The number of anilines is 1. The number of nitrogens with one attached hydrogen (secondary N) is 2. The van der Waals surface area contributed by atoms with E-state index in [1.165, 1.54) is 6.07 Å². The van der Waals surface area contributed by atoms with Crippen LogP contribution >= 0.6 is 0 Å². The van der Waals surface area contributed by atoms with E-state index in [-0.39, 0.29) is 17.6 Å². The summed E-state index contributed by atoms with van der Waals surface area (Å²) in [5.41, 5.74) is 0.380. The van der Waals surface area contributed by atoms with Gasteiger partial charge in [0, 0.05) is 12.6 Å². The van der Waals surface area contributed by atoms with Crippen LogP contribution in [0.2, 0.25) is 0 Å². The number of hydrogen-bond donors (Lipinski definition) is 2. The van der Waals surface area contributed by atoms with Gasteiger partial charge in [-0.3, -0.25) is 14.9 Å². The second-order valence-electron chi connectivity index (χ2n) is 3.90. The van der Waals surface area contributed by atoms with E-state index in [2.05, 4.69) is 10.6 Å². The third-order valence-corrected chi connectivity index (χ3v) is 2.72. The Hall–Kier alpha value is -2.11. The van der Waals surface area contributed by atoms with Gasteiger partial charge in [0.05, 0.1) is 4.92 Å². The first-order chi connectivity index (χ1) is 8.18. The number of para-hydroxylation sites is 2. The molecule has 0 saturated carbocycles. The molecule has 0 bridgehead atoms. The zero-order valence-electron chi connectivity index (χ0n) is 9.18. The molecule has 6 heteroatoms. The predicted molar refractivity (Wildman–Crippen MR) is 62.8 cm³/mol. The maximum absolute atomic E-state index is 11.5. The minimum Gasteiger partial charge on any atom is -0.368 e. The maximum atomic E-state index is 11.5. The molecule has 1 atom stereocenters. The van der Waals surface area contributed by atoms with Crippen LogP contribution in [0.3, 0.4) is 0 Å². The van der Waals surface area contributed by atoms with Gasteiger partial charge in [-0.2, -0.15) is 0 Å². The van der Waals surface area contributed by atoms with Crippen LogP contribution in [0.15, 0.2) is 24.3 Å². The molecule has 0 radical (unpaired) electrons. The van der Waals surface area contributed by atoms with Crippen LogP contribution in [0.25, 0.3) is 0 Å². The highest BCUT2D eigenvalue weighted by Crippen LogP contribution is 2.25. The second-order valence-corrected chi connectivity index (χ2v) is 3.90. The second kappa shape index (κ2) is 4.82. The smallest absolute Gasteiger partial charge is 0.292 e. The standard InChI is InChI=1S/C11H13N3O3/c15-11-9(5-3-7-12-11)13-8-4-1-2-6-10(8)14(16)17/h1-2,4,6,9,13H,3,5,7H2,(H,12,15). The Morgan fingerprint density at radius 2 is 2.18 bits per heavy atom. The number of piperidine rings is 1. The zero-order valence-corrected chi connectivity index (χ0v) is 9.18. The number of benzene rings is 1. The Labute approximate surface area is 98.2 Å². The fraction of sp³-hybridized carbons (Fsp3) is 0.364. The molecule has 0 aromatic heterocycles. The molecule has 6 nitrogen and oxygen atoms in total. The van der Waals surface area contributed by atoms with Gasteiger partial charge >= 0.3 is 0 Å². The first-order valence-electron chi connectivity index (χ1n) is 5.46. The lowest BCUT2D eigenvalue weighted by Gasteiger charge is -2.23. The predicted octanol–water partition coefficient (Wildman–Crippen LogP) is 1.29.